The molecule has 4 rings (SSSR count). The number of aromatic nitrogens is 3. The topological polar surface area (TPSA) is 64.8 Å². The first-order valence-corrected chi connectivity index (χ1v) is 9.28. The van der Waals surface area contributed by atoms with Gasteiger partial charge in [0.05, 0.1) is 4.90 Å². The van der Waals surface area contributed by atoms with Crippen LogP contribution in [-0.4, -0.2) is 22.4 Å². The molecular weight excluding hydrogens is 358 g/mol. The number of fused-ring (bicyclic) bond motifs is 1. The molecule has 1 aromatic carbocycles. The van der Waals surface area contributed by atoms with E-state index in [2.05, 4.69) is 9.97 Å². The minimum atomic E-state index is -3.77. The predicted octanol–water partition coefficient (Wildman–Crippen LogP) is 3.99. The van der Waals surface area contributed by atoms with E-state index in [1.165, 1.54) is 3.97 Å². The van der Waals surface area contributed by atoms with Crippen LogP contribution in [0.4, 0.5) is 0 Å². The molecule has 0 aliphatic heterocycles. The van der Waals surface area contributed by atoms with Crippen LogP contribution in [0.25, 0.3) is 22.2 Å². The quantitative estimate of drug-likeness (QED) is 0.512. The molecule has 0 atom stereocenters. The van der Waals surface area contributed by atoms with Crippen molar-refractivity contribution in [1.82, 2.24) is 13.9 Å². The van der Waals surface area contributed by atoms with Gasteiger partial charge < -0.3 is 0 Å². The third kappa shape index (κ3) is 2.59. The first-order chi connectivity index (χ1) is 12.1. The molecule has 5 nitrogen and oxygen atoms in total. The SMILES string of the molecule is O=S(=O)(c1ccccc1)n1cc(-c2cccnc2Cl)c2cccnc21. The first-order valence-electron chi connectivity index (χ1n) is 7.46. The van der Waals surface area contributed by atoms with Crippen molar-refractivity contribution in [3.63, 3.8) is 0 Å². The molecule has 3 heterocycles. The maximum atomic E-state index is 13.1. The van der Waals surface area contributed by atoms with Gasteiger partial charge in [0.2, 0.25) is 0 Å². The number of rotatable bonds is 3. The van der Waals surface area contributed by atoms with Gasteiger partial charge in [-0.05, 0) is 36.4 Å². The van der Waals surface area contributed by atoms with Crippen LogP contribution in [0, 0.1) is 0 Å². The lowest BCUT2D eigenvalue weighted by Gasteiger charge is -2.06. The van der Waals surface area contributed by atoms with E-state index in [0.29, 0.717) is 27.3 Å². The Hall–Kier alpha value is -2.70. The summed E-state index contributed by atoms with van der Waals surface area (Å²) in [5.74, 6) is 0. The van der Waals surface area contributed by atoms with Crippen molar-refractivity contribution in [3.05, 3.63) is 78.3 Å². The molecule has 7 heteroatoms. The number of pyridine rings is 2. The lowest BCUT2D eigenvalue weighted by molar-refractivity contribution is 0.589. The summed E-state index contributed by atoms with van der Waals surface area (Å²) < 4.78 is 27.3. The van der Waals surface area contributed by atoms with Crippen LogP contribution in [0.15, 0.2) is 78.1 Å². The molecule has 3 aromatic heterocycles. The minimum Gasteiger partial charge on any atom is -0.244 e. The fourth-order valence-corrected chi connectivity index (χ4v) is 4.29. The first kappa shape index (κ1) is 15.8. The van der Waals surface area contributed by atoms with E-state index in [4.69, 9.17) is 11.6 Å². The third-order valence-corrected chi connectivity index (χ3v) is 5.85. The normalized spacial score (nSPS) is 11.7. The van der Waals surface area contributed by atoms with Crippen LogP contribution in [0.3, 0.4) is 0 Å². The maximum Gasteiger partial charge on any atom is 0.269 e. The average Bonchev–Trinajstić information content (AvgIpc) is 3.03. The van der Waals surface area contributed by atoms with Crippen molar-refractivity contribution >= 4 is 32.7 Å². The van der Waals surface area contributed by atoms with Crippen LogP contribution >= 0.6 is 11.6 Å². The molecule has 25 heavy (non-hydrogen) atoms. The monoisotopic (exact) mass is 369 g/mol. The Labute approximate surface area is 149 Å². The van der Waals surface area contributed by atoms with E-state index in [1.54, 1.807) is 67.1 Å². The van der Waals surface area contributed by atoms with Gasteiger partial charge in [-0.2, -0.15) is 0 Å². The summed E-state index contributed by atoms with van der Waals surface area (Å²) >= 11 is 6.21. The summed E-state index contributed by atoms with van der Waals surface area (Å²) in [5.41, 5.74) is 1.67. The van der Waals surface area contributed by atoms with E-state index in [-0.39, 0.29) is 4.90 Å². The molecule has 124 valence electrons. The summed E-state index contributed by atoms with van der Waals surface area (Å²) in [5, 5.41) is 0.999. The molecule has 0 radical (unpaired) electrons. The van der Waals surface area contributed by atoms with Gasteiger partial charge in [0.15, 0.2) is 5.65 Å². The Morgan fingerprint density at radius 2 is 1.56 bits per heavy atom. The van der Waals surface area contributed by atoms with Gasteiger partial charge in [0.1, 0.15) is 5.15 Å². The Balaban J connectivity index is 2.03. The molecular formula is C18H12ClN3O2S. The lowest BCUT2D eigenvalue weighted by Crippen LogP contribution is -2.12. The molecule has 0 saturated heterocycles. The van der Waals surface area contributed by atoms with E-state index in [9.17, 15) is 8.42 Å². The minimum absolute atomic E-state index is 0.196. The highest BCUT2D eigenvalue weighted by molar-refractivity contribution is 7.90. The lowest BCUT2D eigenvalue weighted by atomic mass is 10.1. The third-order valence-electron chi connectivity index (χ3n) is 3.88. The molecule has 0 unspecified atom stereocenters. The van der Waals surface area contributed by atoms with E-state index in [0.717, 1.165) is 0 Å². The van der Waals surface area contributed by atoms with Crippen molar-refractivity contribution in [2.75, 3.05) is 0 Å². The van der Waals surface area contributed by atoms with Gasteiger partial charge in [-0.15, -0.1) is 0 Å². The summed E-state index contributed by atoms with van der Waals surface area (Å²) in [7, 11) is -3.77. The number of benzene rings is 1. The maximum absolute atomic E-state index is 13.1. The van der Waals surface area contributed by atoms with Crippen LogP contribution in [0.5, 0.6) is 0 Å². The number of hydrogen-bond acceptors (Lipinski definition) is 4. The van der Waals surface area contributed by atoms with E-state index >= 15 is 0 Å². The van der Waals surface area contributed by atoms with Crippen LogP contribution in [0.1, 0.15) is 0 Å². The molecule has 0 saturated carbocycles. The highest BCUT2D eigenvalue weighted by Gasteiger charge is 2.23. The van der Waals surface area contributed by atoms with E-state index in [1.807, 2.05) is 6.07 Å². The molecule has 0 fully saturated rings. The largest absolute Gasteiger partial charge is 0.269 e. The molecule has 0 aliphatic rings. The van der Waals surface area contributed by atoms with Gasteiger partial charge >= 0.3 is 0 Å². The molecule has 4 aromatic rings. The van der Waals surface area contributed by atoms with Crippen LogP contribution in [0.2, 0.25) is 5.15 Å². The van der Waals surface area contributed by atoms with Crippen molar-refractivity contribution in [2.45, 2.75) is 4.90 Å². The molecule has 0 bridgehead atoms. The van der Waals surface area contributed by atoms with Crippen molar-refractivity contribution in [3.8, 4) is 11.1 Å². The van der Waals surface area contributed by atoms with Gasteiger partial charge in [-0.3, -0.25) is 0 Å². The Morgan fingerprint density at radius 1 is 0.840 bits per heavy atom. The van der Waals surface area contributed by atoms with Gasteiger partial charge in [-0.1, -0.05) is 29.8 Å². The van der Waals surface area contributed by atoms with Gasteiger partial charge in [-0.25, -0.2) is 22.4 Å². The smallest absolute Gasteiger partial charge is 0.244 e. The van der Waals surface area contributed by atoms with E-state index < -0.39 is 10.0 Å². The van der Waals surface area contributed by atoms with Crippen LogP contribution in [-0.2, 0) is 10.0 Å². The summed E-state index contributed by atoms with van der Waals surface area (Å²) in [6.45, 7) is 0. The number of nitrogens with zero attached hydrogens (tertiary/aromatic N) is 3. The Morgan fingerprint density at radius 3 is 2.32 bits per heavy atom. The highest BCUT2D eigenvalue weighted by atomic mass is 35.5. The van der Waals surface area contributed by atoms with Gasteiger partial charge in [0, 0.05) is 35.1 Å². The van der Waals surface area contributed by atoms with Crippen molar-refractivity contribution < 1.29 is 8.42 Å². The highest BCUT2D eigenvalue weighted by Crippen LogP contribution is 2.34. The second kappa shape index (κ2) is 5.98. The van der Waals surface area contributed by atoms with Crippen molar-refractivity contribution in [1.29, 1.82) is 0 Å². The summed E-state index contributed by atoms with van der Waals surface area (Å²) in [4.78, 5) is 8.54. The zero-order chi connectivity index (χ0) is 17.4. The molecule has 0 N–H and O–H groups in total. The molecule has 0 amide bonds. The molecule has 0 spiro atoms. The van der Waals surface area contributed by atoms with Gasteiger partial charge in [0.25, 0.3) is 10.0 Å². The Bertz CT molecular complexity index is 1170. The Kier molecular flexibility index (Phi) is 3.78. The zero-order valence-electron chi connectivity index (χ0n) is 12.9. The summed E-state index contributed by atoms with van der Waals surface area (Å²) in [6, 6.07) is 15.4. The number of hydrogen-bond donors (Lipinski definition) is 0. The second-order valence-corrected chi connectivity index (χ2v) is 7.55. The fraction of sp³-hybridized carbons (Fsp3) is 0. The standard InChI is InChI=1S/C18H12ClN3O2S/c19-17-14(8-4-10-20-17)16-12-22(18-15(16)9-5-11-21-18)25(23,24)13-6-2-1-3-7-13/h1-12H. The predicted molar refractivity (Wildman–Crippen MR) is 97.0 cm³/mol. The number of halogens is 1. The molecule has 0 aliphatic carbocycles. The van der Waals surface area contributed by atoms with Crippen LogP contribution < -0.4 is 0 Å². The summed E-state index contributed by atoms with van der Waals surface area (Å²) in [6.07, 6.45) is 4.70. The fourth-order valence-electron chi connectivity index (χ4n) is 2.72. The second-order valence-electron chi connectivity index (χ2n) is 5.37. The van der Waals surface area contributed by atoms with Crippen molar-refractivity contribution in [2.24, 2.45) is 0 Å². The average molecular weight is 370 g/mol. The zero-order valence-corrected chi connectivity index (χ0v) is 14.4.